The SMILES string of the molecule is C[C@@H](NC[C@@H]1CCC=CO1)c1ccccc1-n1cccn1. The summed E-state index contributed by atoms with van der Waals surface area (Å²) in [6, 6.07) is 10.6. The highest BCUT2D eigenvalue weighted by molar-refractivity contribution is 5.42. The van der Waals surface area contributed by atoms with Crippen LogP contribution in [0.4, 0.5) is 0 Å². The molecule has 1 aromatic heterocycles. The van der Waals surface area contributed by atoms with E-state index in [-0.39, 0.29) is 12.1 Å². The summed E-state index contributed by atoms with van der Waals surface area (Å²) >= 11 is 0. The number of hydrogen-bond acceptors (Lipinski definition) is 3. The number of nitrogens with zero attached hydrogens (tertiary/aromatic N) is 2. The van der Waals surface area contributed by atoms with E-state index in [1.807, 2.05) is 29.3 Å². The first-order chi connectivity index (χ1) is 10.3. The van der Waals surface area contributed by atoms with Crippen molar-refractivity contribution in [2.75, 3.05) is 6.54 Å². The fraction of sp³-hybridized carbons (Fsp3) is 0.353. The maximum Gasteiger partial charge on any atom is 0.110 e. The Morgan fingerprint density at radius 1 is 1.38 bits per heavy atom. The molecular weight excluding hydrogens is 262 g/mol. The molecule has 1 aromatic carbocycles. The van der Waals surface area contributed by atoms with Crippen molar-refractivity contribution in [2.45, 2.75) is 31.9 Å². The molecule has 0 fully saturated rings. The summed E-state index contributed by atoms with van der Waals surface area (Å²) in [4.78, 5) is 0. The molecule has 1 aliphatic heterocycles. The molecule has 0 saturated heterocycles. The summed E-state index contributed by atoms with van der Waals surface area (Å²) in [6.07, 6.45) is 10.1. The largest absolute Gasteiger partial charge is 0.497 e. The minimum absolute atomic E-state index is 0.250. The molecule has 0 aliphatic carbocycles. The van der Waals surface area contributed by atoms with Gasteiger partial charge < -0.3 is 10.1 Å². The zero-order valence-electron chi connectivity index (χ0n) is 12.3. The molecule has 1 aliphatic rings. The number of nitrogens with one attached hydrogen (secondary N) is 1. The van der Waals surface area contributed by atoms with E-state index < -0.39 is 0 Å². The molecule has 2 atom stereocenters. The van der Waals surface area contributed by atoms with Gasteiger partial charge in [-0.2, -0.15) is 5.10 Å². The van der Waals surface area contributed by atoms with Crippen LogP contribution in [0.2, 0.25) is 0 Å². The summed E-state index contributed by atoms with van der Waals surface area (Å²) < 4.78 is 7.52. The van der Waals surface area contributed by atoms with Gasteiger partial charge in [0.15, 0.2) is 0 Å². The minimum atomic E-state index is 0.250. The van der Waals surface area contributed by atoms with Crippen molar-refractivity contribution in [3.05, 3.63) is 60.6 Å². The molecule has 2 heterocycles. The number of aromatic nitrogens is 2. The molecule has 4 heteroatoms. The Bertz CT molecular complexity index is 592. The van der Waals surface area contributed by atoms with Gasteiger partial charge in [-0.1, -0.05) is 18.2 Å². The lowest BCUT2D eigenvalue weighted by atomic mass is 10.1. The molecule has 0 bridgehead atoms. The van der Waals surface area contributed by atoms with Gasteiger partial charge in [0.05, 0.1) is 11.9 Å². The quantitative estimate of drug-likeness (QED) is 0.915. The van der Waals surface area contributed by atoms with Crippen LogP contribution in [0.5, 0.6) is 0 Å². The molecule has 1 N–H and O–H groups in total. The number of para-hydroxylation sites is 1. The number of allylic oxidation sites excluding steroid dienone is 1. The standard InChI is InChI=1S/C17H21N3O/c1-14(18-13-15-7-4-5-12-21-15)16-8-2-3-9-17(16)20-11-6-10-19-20/h2-3,5-6,8-12,14-15,18H,4,7,13H2,1H3/t14-,15+/m1/s1. The van der Waals surface area contributed by atoms with Crippen LogP contribution in [0.1, 0.15) is 31.4 Å². The molecule has 0 saturated carbocycles. The Balaban J connectivity index is 1.69. The van der Waals surface area contributed by atoms with Gasteiger partial charge in [0.1, 0.15) is 6.10 Å². The van der Waals surface area contributed by atoms with Crippen molar-refractivity contribution in [3.8, 4) is 5.69 Å². The number of ether oxygens (including phenoxy) is 1. The lowest BCUT2D eigenvalue weighted by Crippen LogP contribution is -2.31. The van der Waals surface area contributed by atoms with Crippen LogP contribution in [0.15, 0.2) is 55.1 Å². The molecule has 2 aromatic rings. The van der Waals surface area contributed by atoms with Gasteiger partial charge in [-0.15, -0.1) is 0 Å². The molecule has 21 heavy (non-hydrogen) atoms. The molecule has 0 radical (unpaired) electrons. The van der Waals surface area contributed by atoms with Crippen molar-refractivity contribution in [2.24, 2.45) is 0 Å². The number of rotatable bonds is 5. The van der Waals surface area contributed by atoms with E-state index in [4.69, 9.17) is 4.74 Å². The Labute approximate surface area is 125 Å². The van der Waals surface area contributed by atoms with Crippen molar-refractivity contribution in [1.29, 1.82) is 0 Å². The summed E-state index contributed by atoms with van der Waals surface area (Å²) in [6.45, 7) is 3.04. The van der Waals surface area contributed by atoms with Gasteiger partial charge in [0, 0.05) is 25.0 Å². The van der Waals surface area contributed by atoms with Crippen LogP contribution < -0.4 is 5.32 Å². The maximum atomic E-state index is 5.61. The van der Waals surface area contributed by atoms with E-state index >= 15 is 0 Å². The Hall–Kier alpha value is -2.07. The van der Waals surface area contributed by atoms with Crippen LogP contribution >= 0.6 is 0 Å². The second-order valence-electron chi connectivity index (χ2n) is 5.35. The zero-order valence-corrected chi connectivity index (χ0v) is 12.3. The second kappa shape index (κ2) is 6.59. The van der Waals surface area contributed by atoms with Gasteiger partial charge in [-0.3, -0.25) is 0 Å². The Kier molecular flexibility index (Phi) is 4.36. The van der Waals surface area contributed by atoms with Crippen LogP contribution in [-0.2, 0) is 4.74 Å². The molecule has 0 amide bonds. The van der Waals surface area contributed by atoms with Crippen molar-refractivity contribution in [1.82, 2.24) is 15.1 Å². The Morgan fingerprint density at radius 3 is 3.05 bits per heavy atom. The fourth-order valence-corrected chi connectivity index (χ4v) is 2.63. The lowest BCUT2D eigenvalue weighted by molar-refractivity contribution is 0.120. The number of benzene rings is 1. The third kappa shape index (κ3) is 3.34. The van der Waals surface area contributed by atoms with Crippen molar-refractivity contribution >= 4 is 0 Å². The highest BCUT2D eigenvalue weighted by Crippen LogP contribution is 2.21. The predicted octanol–water partition coefficient (Wildman–Crippen LogP) is 3.22. The normalized spacial score (nSPS) is 19.2. The first-order valence-corrected chi connectivity index (χ1v) is 7.47. The molecule has 3 rings (SSSR count). The highest BCUT2D eigenvalue weighted by atomic mass is 16.5. The van der Waals surface area contributed by atoms with Crippen LogP contribution in [0, 0.1) is 0 Å². The van der Waals surface area contributed by atoms with E-state index in [0.29, 0.717) is 0 Å². The summed E-state index contributed by atoms with van der Waals surface area (Å²) in [7, 11) is 0. The fourth-order valence-electron chi connectivity index (χ4n) is 2.63. The Morgan fingerprint density at radius 2 is 2.29 bits per heavy atom. The van der Waals surface area contributed by atoms with E-state index in [0.717, 1.165) is 25.1 Å². The predicted molar refractivity (Wildman–Crippen MR) is 83.2 cm³/mol. The molecule has 0 unspecified atom stereocenters. The van der Waals surface area contributed by atoms with E-state index in [1.54, 1.807) is 6.20 Å². The monoisotopic (exact) mass is 283 g/mol. The summed E-state index contributed by atoms with van der Waals surface area (Å²) in [5.41, 5.74) is 2.36. The molecule has 110 valence electrons. The van der Waals surface area contributed by atoms with Crippen LogP contribution in [-0.4, -0.2) is 22.4 Å². The summed E-state index contributed by atoms with van der Waals surface area (Å²) in [5, 5.41) is 7.91. The van der Waals surface area contributed by atoms with Gasteiger partial charge in [0.2, 0.25) is 0 Å². The van der Waals surface area contributed by atoms with Gasteiger partial charge in [0.25, 0.3) is 0 Å². The van der Waals surface area contributed by atoms with Gasteiger partial charge >= 0.3 is 0 Å². The van der Waals surface area contributed by atoms with E-state index in [9.17, 15) is 0 Å². The van der Waals surface area contributed by atoms with E-state index in [1.165, 1.54) is 5.56 Å². The smallest absolute Gasteiger partial charge is 0.110 e. The first-order valence-electron chi connectivity index (χ1n) is 7.47. The second-order valence-corrected chi connectivity index (χ2v) is 5.35. The average molecular weight is 283 g/mol. The first kappa shape index (κ1) is 13.9. The van der Waals surface area contributed by atoms with Crippen molar-refractivity contribution in [3.63, 3.8) is 0 Å². The zero-order chi connectivity index (χ0) is 14.5. The molecule has 4 nitrogen and oxygen atoms in total. The third-order valence-corrected chi connectivity index (χ3v) is 3.83. The molecule has 0 spiro atoms. The topological polar surface area (TPSA) is 39.1 Å². The maximum absolute atomic E-state index is 5.61. The van der Waals surface area contributed by atoms with Crippen molar-refractivity contribution < 1.29 is 4.74 Å². The van der Waals surface area contributed by atoms with Crippen LogP contribution in [0.25, 0.3) is 5.69 Å². The van der Waals surface area contributed by atoms with Crippen LogP contribution in [0.3, 0.4) is 0 Å². The van der Waals surface area contributed by atoms with E-state index in [2.05, 4.69) is 41.6 Å². The highest BCUT2D eigenvalue weighted by Gasteiger charge is 2.15. The molecular formula is C17H21N3O. The minimum Gasteiger partial charge on any atom is -0.497 e. The number of hydrogen-bond donors (Lipinski definition) is 1. The third-order valence-electron chi connectivity index (χ3n) is 3.83. The van der Waals surface area contributed by atoms with Gasteiger partial charge in [-0.05, 0) is 43.5 Å². The van der Waals surface area contributed by atoms with Gasteiger partial charge in [-0.25, -0.2) is 4.68 Å². The lowest BCUT2D eigenvalue weighted by Gasteiger charge is -2.23. The summed E-state index contributed by atoms with van der Waals surface area (Å²) in [5.74, 6) is 0. The average Bonchev–Trinajstić information content (AvgIpc) is 3.08.